The summed E-state index contributed by atoms with van der Waals surface area (Å²) in [7, 11) is 0. The smallest absolute Gasteiger partial charge is 0.250 e. The molecule has 0 N–H and O–H groups in total. The van der Waals surface area contributed by atoms with Crippen LogP contribution in [0.25, 0.3) is 0 Å². The van der Waals surface area contributed by atoms with Gasteiger partial charge in [0.25, 0.3) is 0 Å². The zero-order valence-corrected chi connectivity index (χ0v) is 11.6. The molecule has 0 radical (unpaired) electrons. The Morgan fingerprint density at radius 2 is 2.19 bits per heavy atom. The van der Waals surface area contributed by atoms with Gasteiger partial charge in [0.15, 0.2) is 0 Å². The van der Waals surface area contributed by atoms with E-state index < -0.39 is 0 Å². The highest BCUT2D eigenvalue weighted by atomic mass is 16.2. The molecule has 0 aromatic heterocycles. The molecule has 21 heavy (non-hydrogen) atoms. The number of carbonyl (C=O) groups excluding carboxylic acids is 1. The molecule has 1 fully saturated rings. The first-order valence-electron chi connectivity index (χ1n) is 6.91. The summed E-state index contributed by atoms with van der Waals surface area (Å²) in [6, 6.07) is 9.15. The fourth-order valence-corrected chi connectivity index (χ4v) is 2.90. The minimum Gasteiger partial charge on any atom is -0.340 e. The lowest BCUT2D eigenvalue weighted by Crippen LogP contribution is -2.56. The monoisotopic (exact) mass is 280 g/mol. The molecule has 5 heteroatoms. The zero-order chi connectivity index (χ0) is 14.8. The van der Waals surface area contributed by atoms with Crippen LogP contribution in [-0.4, -0.2) is 47.7 Å². The van der Waals surface area contributed by atoms with Gasteiger partial charge in [-0.05, 0) is 17.7 Å². The minimum atomic E-state index is -0.359. The van der Waals surface area contributed by atoms with Gasteiger partial charge >= 0.3 is 0 Å². The van der Waals surface area contributed by atoms with E-state index in [1.807, 2.05) is 21.9 Å². The second kappa shape index (κ2) is 5.41. The van der Waals surface area contributed by atoms with Gasteiger partial charge in [-0.25, -0.2) is 0 Å². The topological polar surface area (TPSA) is 59.7 Å². The molecule has 0 aliphatic carbocycles. The van der Waals surface area contributed by atoms with Crippen molar-refractivity contribution in [2.24, 2.45) is 4.99 Å². The van der Waals surface area contributed by atoms with Gasteiger partial charge in [0, 0.05) is 13.1 Å². The van der Waals surface area contributed by atoms with Crippen LogP contribution in [0, 0.1) is 11.3 Å². The van der Waals surface area contributed by atoms with Crippen LogP contribution < -0.4 is 0 Å². The highest BCUT2D eigenvalue weighted by Gasteiger charge is 2.41. The van der Waals surface area contributed by atoms with Crippen LogP contribution in [0.3, 0.4) is 0 Å². The number of nitrogens with zero attached hydrogens (tertiary/aromatic N) is 4. The zero-order valence-electron chi connectivity index (χ0n) is 11.6. The molecule has 3 rings (SSSR count). The summed E-state index contributed by atoms with van der Waals surface area (Å²) in [6.07, 6.45) is 3.52. The van der Waals surface area contributed by atoms with Gasteiger partial charge in [0.1, 0.15) is 6.04 Å². The molecule has 2 aliphatic rings. The fourth-order valence-electron chi connectivity index (χ4n) is 2.90. The Morgan fingerprint density at radius 1 is 1.43 bits per heavy atom. The Bertz CT molecular complexity index is 629. The van der Waals surface area contributed by atoms with Crippen LogP contribution in [0.15, 0.2) is 41.9 Å². The van der Waals surface area contributed by atoms with Gasteiger partial charge in [0.2, 0.25) is 5.91 Å². The van der Waals surface area contributed by atoms with E-state index in [1.165, 1.54) is 0 Å². The van der Waals surface area contributed by atoms with Crippen molar-refractivity contribution in [1.29, 1.82) is 5.26 Å². The number of hydrogen-bond acceptors (Lipinski definition) is 4. The number of rotatable bonds is 3. The highest BCUT2D eigenvalue weighted by molar-refractivity contribution is 5.87. The first-order chi connectivity index (χ1) is 10.2. The third-order valence-electron chi connectivity index (χ3n) is 3.93. The second-order valence-electron chi connectivity index (χ2n) is 5.25. The maximum atomic E-state index is 12.7. The van der Waals surface area contributed by atoms with E-state index in [9.17, 15) is 4.79 Å². The van der Waals surface area contributed by atoms with Gasteiger partial charge < -0.3 is 9.80 Å². The molecular weight excluding hydrogens is 264 g/mol. The van der Waals surface area contributed by atoms with Gasteiger partial charge in [-0.3, -0.25) is 9.79 Å². The van der Waals surface area contributed by atoms with Crippen LogP contribution in [0.2, 0.25) is 0 Å². The standard InChI is InChI=1S/C16H16N4O/c1-2-7-19-10-14-9-18-11-20(14)15(16(19)21)13-5-3-12(8-17)4-6-13/h2-6,11,14-15H,1,7,9-10H2. The molecule has 0 spiro atoms. The molecule has 1 aromatic carbocycles. The van der Waals surface area contributed by atoms with Crippen LogP contribution in [0.4, 0.5) is 0 Å². The van der Waals surface area contributed by atoms with Gasteiger partial charge in [0.05, 0.1) is 30.6 Å². The Balaban J connectivity index is 1.95. The predicted molar refractivity (Wildman–Crippen MR) is 79.7 cm³/mol. The van der Waals surface area contributed by atoms with E-state index in [4.69, 9.17) is 5.26 Å². The van der Waals surface area contributed by atoms with E-state index in [-0.39, 0.29) is 18.0 Å². The fraction of sp³-hybridized carbons (Fsp3) is 0.312. The predicted octanol–water partition coefficient (Wildman–Crippen LogP) is 1.34. The summed E-state index contributed by atoms with van der Waals surface area (Å²) in [5.74, 6) is 0.0595. The van der Waals surface area contributed by atoms with Gasteiger partial charge in [-0.15, -0.1) is 6.58 Å². The second-order valence-corrected chi connectivity index (χ2v) is 5.25. The minimum absolute atomic E-state index is 0.0595. The molecule has 1 amide bonds. The van der Waals surface area contributed by atoms with Crippen molar-refractivity contribution in [3.8, 4) is 6.07 Å². The van der Waals surface area contributed by atoms with E-state index >= 15 is 0 Å². The third-order valence-corrected chi connectivity index (χ3v) is 3.93. The van der Waals surface area contributed by atoms with Crippen LogP contribution in [-0.2, 0) is 4.79 Å². The van der Waals surface area contributed by atoms with Crippen molar-refractivity contribution in [1.82, 2.24) is 9.80 Å². The van der Waals surface area contributed by atoms with Gasteiger partial charge in [-0.1, -0.05) is 18.2 Å². The number of hydrogen-bond donors (Lipinski definition) is 0. The quantitative estimate of drug-likeness (QED) is 0.785. The summed E-state index contributed by atoms with van der Waals surface area (Å²) in [4.78, 5) is 20.9. The lowest BCUT2D eigenvalue weighted by Gasteiger charge is -2.42. The van der Waals surface area contributed by atoms with E-state index in [0.717, 1.165) is 5.56 Å². The lowest BCUT2D eigenvalue weighted by atomic mass is 9.98. The van der Waals surface area contributed by atoms with Crippen molar-refractivity contribution in [2.45, 2.75) is 12.1 Å². The third kappa shape index (κ3) is 2.29. The Hall–Kier alpha value is -2.61. The Kier molecular flexibility index (Phi) is 3.44. The molecule has 1 aromatic rings. The number of aliphatic imine (C=N–C) groups is 1. The van der Waals surface area contributed by atoms with Crippen LogP contribution in [0.1, 0.15) is 17.2 Å². The van der Waals surface area contributed by atoms with Crippen molar-refractivity contribution >= 4 is 12.2 Å². The molecule has 106 valence electrons. The molecule has 2 heterocycles. The molecule has 0 bridgehead atoms. The molecule has 2 unspecified atom stereocenters. The summed E-state index contributed by atoms with van der Waals surface area (Å²) in [5, 5.41) is 8.89. The first-order valence-corrected chi connectivity index (χ1v) is 6.91. The Labute approximate surface area is 123 Å². The molecule has 1 saturated heterocycles. The normalized spacial score (nSPS) is 23.9. The number of benzene rings is 1. The molecule has 0 saturated carbocycles. The highest BCUT2D eigenvalue weighted by Crippen LogP contribution is 2.31. The van der Waals surface area contributed by atoms with Crippen LogP contribution >= 0.6 is 0 Å². The Morgan fingerprint density at radius 3 is 2.86 bits per heavy atom. The SMILES string of the molecule is C=CCN1CC2CN=CN2C(c2ccc(C#N)cc2)C1=O. The average molecular weight is 280 g/mol. The summed E-state index contributed by atoms with van der Waals surface area (Å²) in [6.45, 7) is 5.67. The number of carbonyl (C=O) groups is 1. The molecule has 2 aliphatic heterocycles. The summed E-state index contributed by atoms with van der Waals surface area (Å²) < 4.78 is 0. The largest absolute Gasteiger partial charge is 0.340 e. The first kappa shape index (κ1) is 13.4. The van der Waals surface area contributed by atoms with E-state index in [2.05, 4.69) is 17.6 Å². The molecule has 5 nitrogen and oxygen atoms in total. The molecule has 2 atom stereocenters. The summed E-state index contributed by atoms with van der Waals surface area (Å²) >= 11 is 0. The molecular formula is C16H16N4O. The number of piperazine rings is 1. The summed E-state index contributed by atoms with van der Waals surface area (Å²) in [5.41, 5.74) is 1.49. The van der Waals surface area contributed by atoms with Crippen LogP contribution in [0.5, 0.6) is 0 Å². The lowest BCUT2D eigenvalue weighted by molar-refractivity contribution is -0.140. The maximum absolute atomic E-state index is 12.7. The van der Waals surface area contributed by atoms with E-state index in [1.54, 1.807) is 24.5 Å². The number of nitriles is 1. The van der Waals surface area contributed by atoms with Crippen molar-refractivity contribution in [2.75, 3.05) is 19.6 Å². The average Bonchev–Trinajstić information content (AvgIpc) is 2.96. The number of amides is 1. The van der Waals surface area contributed by atoms with Gasteiger partial charge in [-0.2, -0.15) is 5.26 Å². The number of fused-ring (bicyclic) bond motifs is 1. The van der Waals surface area contributed by atoms with Crippen molar-refractivity contribution in [3.05, 3.63) is 48.0 Å². The van der Waals surface area contributed by atoms with Crippen molar-refractivity contribution in [3.63, 3.8) is 0 Å². The van der Waals surface area contributed by atoms with E-state index in [0.29, 0.717) is 25.2 Å². The maximum Gasteiger partial charge on any atom is 0.250 e. The van der Waals surface area contributed by atoms with Crippen molar-refractivity contribution < 1.29 is 4.79 Å².